The van der Waals surface area contributed by atoms with Crippen LogP contribution in [-0.2, 0) is 4.79 Å². The van der Waals surface area contributed by atoms with Crippen molar-refractivity contribution in [3.8, 4) is 0 Å². The average Bonchev–Trinajstić information content (AvgIpc) is 3.35. The van der Waals surface area contributed by atoms with Gasteiger partial charge in [-0.25, -0.2) is 9.67 Å². The lowest BCUT2D eigenvalue weighted by atomic mass is 9.95. The molecule has 0 aliphatic heterocycles. The molecule has 0 bridgehead atoms. The van der Waals surface area contributed by atoms with Crippen molar-refractivity contribution in [2.45, 2.75) is 52.6 Å². The fourth-order valence-electron chi connectivity index (χ4n) is 3.23. The molecule has 0 spiro atoms. The molecule has 0 aliphatic carbocycles. The highest BCUT2D eigenvalue weighted by atomic mass is 16.2. The first-order chi connectivity index (χ1) is 13.0. The molecular formula is C19H27N7O. The number of H-pyrrole nitrogens is 1. The Morgan fingerprint density at radius 2 is 1.93 bits per heavy atom. The van der Waals surface area contributed by atoms with Crippen LogP contribution < -0.4 is 5.32 Å². The van der Waals surface area contributed by atoms with Crippen molar-refractivity contribution in [1.29, 1.82) is 0 Å². The van der Waals surface area contributed by atoms with Gasteiger partial charge in [-0.3, -0.25) is 4.79 Å². The predicted molar refractivity (Wildman–Crippen MR) is 103 cm³/mol. The number of benzene rings is 1. The number of aromatic nitrogens is 6. The van der Waals surface area contributed by atoms with Crippen molar-refractivity contribution in [3.05, 3.63) is 36.4 Å². The first-order valence-electron chi connectivity index (χ1n) is 9.52. The van der Waals surface area contributed by atoms with E-state index in [0.29, 0.717) is 0 Å². The molecule has 0 saturated heterocycles. The van der Waals surface area contributed by atoms with E-state index in [1.807, 2.05) is 31.2 Å². The number of tetrazole rings is 1. The number of carbonyl (C=O) groups excluding carboxylic acids is 1. The number of para-hydroxylation sites is 2. The van der Waals surface area contributed by atoms with Crippen LogP contribution in [0.2, 0.25) is 0 Å². The SMILES string of the molecule is CCC(C)C(NC(=O)C(C(C)CC)n1cnnn1)c1nc2ccccc2[nH]1. The molecule has 1 amide bonds. The van der Waals surface area contributed by atoms with Gasteiger partial charge in [-0.15, -0.1) is 5.10 Å². The predicted octanol–water partition coefficient (Wildman–Crippen LogP) is 3.04. The van der Waals surface area contributed by atoms with Crippen LogP contribution in [0, 0.1) is 11.8 Å². The Balaban J connectivity index is 1.90. The van der Waals surface area contributed by atoms with Gasteiger partial charge in [0.25, 0.3) is 0 Å². The minimum Gasteiger partial charge on any atom is -0.344 e. The van der Waals surface area contributed by atoms with Gasteiger partial charge in [-0.1, -0.05) is 52.7 Å². The smallest absolute Gasteiger partial charge is 0.245 e. The first kappa shape index (κ1) is 19.0. The van der Waals surface area contributed by atoms with Crippen LogP contribution in [0.1, 0.15) is 58.4 Å². The van der Waals surface area contributed by atoms with Crippen LogP contribution in [0.4, 0.5) is 0 Å². The minimum atomic E-state index is -0.457. The lowest BCUT2D eigenvalue weighted by Crippen LogP contribution is -2.40. The van der Waals surface area contributed by atoms with E-state index in [-0.39, 0.29) is 23.8 Å². The number of aromatic amines is 1. The third kappa shape index (κ3) is 3.99. The van der Waals surface area contributed by atoms with Crippen molar-refractivity contribution in [2.75, 3.05) is 0 Å². The summed E-state index contributed by atoms with van der Waals surface area (Å²) in [4.78, 5) is 21.3. The summed E-state index contributed by atoms with van der Waals surface area (Å²) in [5.74, 6) is 1.00. The minimum absolute atomic E-state index is 0.0950. The number of imidazole rings is 1. The van der Waals surface area contributed by atoms with E-state index >= 15 is 0 Å². The molecule has 1 aromatic carbocycles. The standard InChI is InChI=1S/C19H27N7O/c1-5-12(3)16(18-21-14-9-7-8-10-15(14)22-18)23-19(27)17(13(4)6-2)26-11-20-24-25-26/h7-13,16-17H,5-6H2,1-4H3,(H,21,22)(H,23,27). The van der Waals surface area contributed by atoms with Gasteiger partial charge in [-0.2, -0.15) is 0 Å². The molecule has 0 saturated carbocycles. The molecule has 2 N–H and O–H groups in total. The zero-order valence-corrected chi connectivity index (χ0v) is 16.3. The van der Waals surface area contributed by atoms with E-state index in [1.165, 1.54) is 11.0 Å². The van der Waals surface area contributed by atoms with Gasteiger partial charge in [0.2, 0.25) is 5.91 Å². The topological polar surface area (TPSA) is 101 Å². The maximum Gasteiger partial charge on any atom is 0.245 e. The van der Waals surface area contributed by atoms with Gasteiger partial charge in [0.15, 0.2) is 0 Å². The van der Waals surface area contributed by atoms with Gasteiger partial charge in [0.1, 0.15) is 18.2 Å². The molecule has 0 fully saturated rings. The van der Waals surface area contributed by atoms with Crippen LogP contribution in [0.5, 0.6) is 0 Å². The van der Waals surface area contributed by atoms with Gasteiger partial charge in [-0.05, 0) is 34.4 Å². The fraction of sp³-hybridized carbons (Fsp3) is 0.526. The van der Waals surface area contributed by atoms with Crippen LogP contribution in [0.3, 0.4) is 0 Å². The summed E-state index contributed by atoms with van der Waals surface area (Å²) in [6.07, 6.45) is 3.26. The number of nitrogens with zero attached hydrogens (tertiary/aromatic N) is 5. The third-order valence-electron chi connectivity index (χ3n) is 5.31. The second kappa shape index (κ2) is 8.28. The van der Waals surface area contributed by atoms with Crippen molar-refractivity contribution >= 4 is 16.9 Å². The Kier molecular flexibility index (Phi) is 5.83. The second-order valence-electron chi connectivity index (χ2n) is 7.13. The molecule has 4 unspecified atom stereocenters. The number of amides is 1. The summed E-state index contributed by atoms with van der Waals surface area (Å²) in [6.45, 7) is 8.32. The molecular weight excluding hydrogens is 342 g/mol. The molecule has 2 aromatic heterocycles. The molecule has 144 valence electrons. The highest BCUT2D eigenvalue weighted by Crippen LogP contribution is 2.27. The van der Waals surface area contributed by atoms with Crippen molar-refractivity contribution in [1.82, 2.24) is 35.5 Å². The second-order valence-corrected chi connectivity index (χ2v) is 7.13. The molecule has 0 radical (unpaired) electrons. The van der Waals surface area contributed by atoms with Crippen molar-refractivity contribution < 1.29 is 4.79 Å². The number of fused-ring (bicyclic) bond motifs is 1. The number of nitrogens with one attached hydrogen (secondary N) is 2. The Morgan fingerprint density at radius 1 is 1.19 bits per heavy atom. The number of hydrogen-bond acceptors (Lipinski definition) is 5. The highest BCUT2D eigenvalue weighted by molar-refractivity contribution is 5.81. The third-order valence-corrected chi connectivity index (χ3v) is 5.31. The Hall–Kier alpha value is -2.77. The number of hydrogen-bond donors (Lipinski definition) is 2. The molecule has 8 nitrogen and oxygen atoms in total. The quantitative estimate of drug-likeness (QED) is 0.635. The van der Waals surface area contributed by atoms with Gasteiger partial charge in [0, 0.05) is 0 Å². The van der Waals surface area contributed by atoms with Crippen LogP contribution in [-0.4, -0.2) is 36.1 Å². The van der Waals surface area contributed by atoms with Crippen molar-refractivity contribution in [2.24, 2.45) is 11.8 Å². The molecule has 3 rings (SSSR count). The monoisotopic (exact) mass is 369 g/mol. The van der Waals surface area contributed by atoms with E-state index in [1.54, 1.807) is 0 Å². The lowest BCUT2D eigenvalue weighted by Gasteiger charge is -2.27. The molecule has 8 heteroatoms. The number of rotatable bonds is 8. The fourth-order valence-corrected chi connectivity index (χ4v) is 3.23. The summed E-state index contributed by atoms with van der Waals surface area (Å²) >= 11 is 0. The summed E-state index contributed by atoms with van der Waals surface area (Å²) in [7, 11) is 0. The normalized spacial score (nSPS) is 16.0. The molecule has 3 aromatic rings. The molecule has 4 atom stereocenters. The maximum atomic E-state index is 13.2. The zero-order chi connectivity index (χ0) is 19.4. The zero-order valence-electron chi connectivity index (χ0n) is 16.3. The summed E-state index contributed by atoms with van der Waals surface area (Å²) in [5, 5.41) is 14.5. The summed E-state index contributed by atoms with van der Waals surface area (Å²) < 4.78 is 1.54. The average molecular weight is 369 g/mol. The van der Waals surface area contributed by atoms with E-state index in [2.05, 4.69) is 46.6 Å². The van der Waals surface area contributed by atoms with Crippen molar-refractivity contribution in [3.63, 3.8) is 0 Å². The van der Waals surface area contributed by atoms with Crippen LogP contribution in [0.15, 0.2) is 30.6 Å². The molecule has 27 heavy (non-hydrogen) atoms. The Labute approximate surface area is 158 Å². The first-order valence-corrected chi connectivity index (χ1v) is 9.52. The summed E-state index contributed by atoms with van der Waals surface area (Å²) in [6, 6.07) is 7.22. The van der Waals surface area contributed by atoms with Crippen LogP contribution in [0.25, 0.3) is 11.0 Å². The maximum absolute atomic E-state index is 13.2. The van der Waals surface area contributed by atoms with E-state index in [0.717, 1.165) is 29.7 Å². The molecule has 2 heterocycles. The lowest BCUT2D eigenvalue weighted by molar-refractivity contribution is -0.127. The van der Waals surface area contributed by atoms with Crippen LogP contribution >= 0.6 is 0 Å². The van der Waals surface area contributed by atoms with E-state index in [9.17, 15) is 4.79 Å². The van der Waals surface area contributed by atoms with E-state index in [4.69, 9.17) is 4.98 Å². The molecule has 0 aliphatic rings. The van der Waals surface area contributed by atoms with Gasteiger partial charge >= 0.3 is 0 Å². The van der Waals surface area contributed by atoms with E-state index < -0.39 is 6.04 Å². The number of carbonyl (C=O) groups is 1. The highest BCUT2D eigenvalue weighted by Gasteiger charge is 2.31. The Bertz CT molecular complexity index is 840. The summed E-state index contributed by atoms with van der Waals surface area (Å²) in [5.41, 5.74) is 1.86. The van der Waals surface area contributed by atoms with Gasteiger partial charge in [0.05, 0.1) is 17.1 Å². The largest absolute Gasteiger partial charge is 0.344 e. The van der Waals surface area contributed by atoms with Gasteiger partial charge < -0.3 is 10.3 Å². The Morgan fingerprint density at radius 3 is 2.56 bits per heavy atom.